The molecule has 98 valence electrons. The number of rotatable bonds is 3. The number of ether oxygens (including phenoxy) is 1. The van der Waals surface area contributed by atoms with E-state index in [2.05, 4.69) is 24.1 Å². The minimum absolute atomic E-state index is 0.366. The van der Waals surface area contributed by atoms with Gasteiger partial charge in [-0.2, -0.15) is 0 Å². The summed E-state index contributed by atoms with van der Waals surface area (Å²) in [6, 6.07) is 0.595. The van der Waals surface area contributed by atoms with Gasteiger partial charge in [0.2, 0.25) is 0 Å². The summed E-state index contributed by atoms with van der Waals surface area (Å²) in [6.45, 7) is 9.28. The molecule has 3 atom stereocenters. The summed E-state index contributed by atoms with van der Waals surface area (Å²) in [4.78, 5) is 2.66. The second-order valence-electron chi connectivity index (χ2n) is 6.38. The zero-order valence-corrected chi connectivity index (χ0v) is 11.2. The van der Waals surface area contributed by atoms with E-state index in [4.69, 9.17) is 4.74 Å². The molecule has 1 aliphatic carbocycles. The van der Waals surface area contributed by atoms with E-state index in [-0.39, 0.29) is 0 Å². The lowest BCUT2D eigenvalue weighted by molar-refractivity contribution is 0.00477. The minimum Gasteiger partial charge on any atom is -0.377 e. The van der Waals surface area contributed by atoms with Gasteiger partial charge in [0.15, 0.2) is 0 Å². The molecule has 0 aromatic rings. The van der Waals surface area contributed by atoms with E-state index in [1.807, 2.05) is 0 Å². The van der Waals surface area contributed by atoms with Crippen LogP contribution in [0.1, 0.15) is 39.5 Å². The Bertz CT molecular complexity index is 273. The largest absolute Gasteiger partial charge is 0.377 e. The molecule has 3 rings (SSSR count). The highest BCUT2D eigenvalue weighted by Crippen LogP contribution is 2.41. The van der Waals surface area contributed by atoms with Gasteiger partial charge in [0.25, 0.3) is 0 Å². The van der Waals surface area contributed by atoms with Crippen molar-refractivity contribution in [2.75, 3.05) is 26.2 Å². The van der Waals surface area contributed by atoms with Crippen molar-refractivity contribution in [1.29, 1.82) is 0 Å². The Labute approximate surface area is 105 Å². The molecule has 2 saturated heterocycles. The lowest BCUT2D eigenvalue weighted by atomic mass is 9.91. The number of hydrogen-bond acceptors (Lipinski definition) is 3. The highest BCUT2D eigenvalue weighted by molar-refractivity contribution is 5.03. The van der Waals surface area contributed by atoms with Gasteiger partial charge in [-0.25, -0.2) is 0 Å². The van der Waals surface area contributed by atoms with Crippen LogP contribution in [-0.4, -0.2) is 48.8 Å². The fourth-order valence-corrected chi connectivity index (χ4v) is 3.60. The van der Waals surface area contributed by atoms with Crippen molar-refractivity contribution >= 4 is 0 Å². The zero-order chi connectivity index (χ0) is 11.9. The molecule has 3 heteroatoms. The summed E-state index contributed by atoms with van der Waals surface area (Å²) in [6.07, 6.45) is 5.83. The van der Waals surface area contributed by atoms with E-state index in [0.717, 1.165) is 19.1 Å². The van der Waals surface area contributed by atoms with Crippen LogP contribution in [0.4, 0.5) is 0 Å². The Morgan fingerprint density at radius 1 is 1.35 bits per heavy atom. The van der Waals surface area contributed by atoms with Crippen molar-refractivity contribution in [2.45, 2.75) is 57.2 Å². The third kappa shape index (κ3) is 2.38. The van der Waals surface area contributed by atoms with Gasteiger partial charge in [-0.05, 0) is 45.4 Å². The fourth-order valence-electron chi connectivity index (χ4n) is 3.60. The third-order valence-electron chi connectivity index (χ3n) is 5.02. The molecular formula is C14H26N2O. The number of piperazine rings is 1. The molecule has 2 heterocycles. The van der Waals surface area contributed by atoms with Crippen LogP contribution in [-0.2, 0) is 4.74 Å². The van der Waals surface area contributed by atoms with E-state index in [0.29, 0.717) is 17.7 Å². The lowest BCUT2D eigenvalue weighted by Crippen LogP contribution is -2.62. The molecule has 17 heavy (non-hydrogen) atoms. The van der Waals surface area contributed by atoms with Crippen molar-refractivity contribution in [2.24, 2.45) is 5.92 Å². The standard InChI is InChI=1S/C14H26N2O/c1-11(13-4-3-9-17-13)16-8-7-15-14(2,10-16)12-5-6-12/h11-13,15H,3-10H2,1-2H3. The molecule has 0 aromatic carbocycles. The van der Waals surface area contributed by atoms with E-state index < -0.39 is 0 Å². The molecule has 1 saturated carbocycles. The second-order valence-corrected chi connectivity index (χ2v) is 6.38. The maximum Gasteiger partial charge on any atom is 0.0728 e. The normalized spacial score (nSPS) is 41.6. The number of nitrogens with one attached hydrogen (secondary N) is 1. The molecule has 1 N–H and O–H groups in total. The monoisotopic (exact) mass is 238 g/mol. The summed E-state index contributed by atoms with van der Waals surface area (Å²) in [5, 5.41) is 3.75. The van der Waals surface area contributed by atoms with Gasteiger partial charge < -0.3 is 10.1 Å². The van der Waals surface area contributed by atoms with Crippen LogP contribution in [0.25, 0.3) is 0 Å². The van der Waals surface area contributed by atoms with Crippen LogP contribution >= 0.6 is 0 Å². The van der Waals surface area contributed by atoms with Crippen molar-refractivity contribution in [3.8, 4) is 0 Å². The first-order chi connectivity index (χ1) is 8.19. The van der Waals surface area contributed by atoms with E-state index in [9.17, 15) is 0 Å². The molecule has 3 unspecified atom stereocenters. The van der Waals surface area contributed by atoms with E-state index in [1.165, 1.54) is 38.8 Å². The van der Waals surface area contributed by atoms with Gasteiger partial charge in [0, 0.05) is 37.8 Å². The Balaban J connectivity index is 1.62. The van der Waals surface area contributed by atoms with Gasteiger partial charge in [-0.15, -0.1) is 0 Å². The van der Waals surface area contributed by atoms with Crippen LogP contribution in [0.3, 0.4) is 0 Å². The summed E-state index contributed by atoms with van der Waals surface area (Å²) in [5.41, 5.74) is 0.366. The summed E-state index contributed by atoms with van der Waals surface area (Å²) < 4.78 is 5.85. The number of nitrogens with zero attached hydrogens (tertiary/aromatic N) is 1. The molecule has 0 aromatic heterocycles. The smallest absolute Gasteiger partial charge is 0.0728 e. The van der Waals surface area contributed by atoms with Gasteiger partial charge in [-0.3, -0.25) is 4.90 Å². The average molecular weight is 238 g/mol. The Hall–Kier alpha value is -0.120. The molecule has 0 radical (unpaired) electrons. The van der Waals surface area contributed by atoms with Crippen molar-refractivity contribution in [1.82, 2.24) is 10.2 Å². The maximum absolute atomic E-state index is 5.85. The van der Waals surface area contributed by atoms with Crippen LogP contribution in [0.5, 0.6) is 0 Å². The Morgan fingerprint density at radius 2 is 2.18 bits per heavy atom. The predicted octanol–water partition coefficient (Wildman–Crippen LogP) is 1.63. The van der Waals surface area contributed by atoms with Gasteiger partial charge in [0.05, 0.1) is 6.10 Å². The molecule has 3 nitrogen and oxygen atoms in total. The highest BCUT2D eigenvalue weighted by Gasteiger charge is 2.45. The van der Waals surface area contributed by atoms with Gasteiger partial charge in [-0.1, -0.05) is 0 Å². The molecule has 0 amide bonds. The topological polar surface area (TPSA) is 24.5 Å². The summed E-state index contributed by atoms with van der Waals surface area (Å²) in [7, 11) is 0. The predicted molar refractivity (Wildman–Crippen MR) is 69.1 cm³/mol. The zero-order valence-electron chi connectivity index (χ0n) is 11.2. The van der Waals surface area contributed by atoms with Crippen molar-refractivity contribution in [3.63, 3.8) is 0 Å². The average Bonchev–Trinajstić information content (AvgIpc) is 3.06. The third-order valence-corrected chi connectivity index (χ3v) is 5.02. The first-order valence-electron chi connectivity index (χ1n) is 7.30. The van der Waals surface area contributed by atoms with Gasteiger partial charge in [0.1, 0.15) is 0 Å². The minimum atomic E-state index is 0.366. The van der Waals surface area contributed by atoms with E-state index in [1.54, 1.807) is 0 Å². The van der Waals surface area contributed by atoms with Crippen LogP contribution in [0, 0.1) is 5.92 Å². The second kappa shape index (κ2) is 4.52. The Kier molecular flexibility index (Phi) is 3.18. The lowest BCUT2D eigenvalue weighted by Gasteiger charge is -2.45. The summed E-state index contributed by atoms with van der Waals surface area (Å²) in [5.74, 6) is 0.919. The highest BCUT2D eigenvalue weighted by atomic mass is 16.5. The quantitative estimate of drug-likeness (QED) is 0.809. The van der Waals surface area contributed by atoms with Crippen LogP contribution in [0.15, 0.2) is 0 Å². The molecule has 0 spiro atoms. The number of hydrogen-bond donors (Lipinski definition) is 1. The molecule has 0 bridgehead atoms. The molecule has 3 fully saturated rings. The maximum atomic E-state index is 5.85. The molecule has 2 aliphatic heterocycles. The molecule has 3 aliphatic rings. The Morgan fingerprint density at radius 3 is 2.82 bits per heavy atom. The van der Waals surface area contributed by atoms with Gasteiger partial charge >= 0.3 is 0 Å². The first kappa shape index (κ1) is 11.9. The summed E-state index contributed by atoms with van der Waals surface area (Å²) >= 11 is 0. The molecular weight excluding hydrogens is 212 g/mol. The SMILES string of the molecule is CC(C1CCCO1)N1CCNC(C)(C2CC2)C1. The van der Waals surface area contributed by atoms with Crippen molar-refractivity contribution in [3.05, 3.63) is 0 Å². The first-order valence-corrected chi connectivity index (χ1v) is 7.30. The van der Waals surface area contributed by atoms with Crippen molar-refractivity contribution < 1.29 is 4.74 Å². The van der Waals surface area contributed by atoms with Crippen LogP contribution in [0.2, 0.25) is 0 Å². The van der Waals surface area contributed by atoms with Crippen LogP contribution < -0.4 is 5.32 Å². The van der Waals surface area contributed by atoms with E-state index >= 15 is 0 Å². The fraction of sp³-hybridized carbons (Fsp3) is 1.00.